The quantitative estimate of drug-likeness (QED) is 0.483. The fourth-order valence-electron chi connectivity index (χ4n) is 2.21. The summed E-state index contributed by atoms with van der Waals surface area (Å²) in [5, 5.41) is 0. The lowest BCUT2D eigenvalue weighted by Crippen LogP contribution is -2.26. The average Bonchev–Trinajstić information content (AvgIpc) is 2.01. The van der Waals surface area contributed by atoms with Crippen molar-refractivity contribution < 1.29 is 4.79 Å². The summed E-state index contributed by atoms with van der Waals surface area (Å²) in [7, 11) is 0. The van der Waals surface area contributed by atoms with E-state index in [0.717, 1.165) is 0 Å². The molecule has 0 aromatic carbocycles. The second-order valence-corrected chi connectivity index (χ2v) is 4.92. The van der Waals surface area contributed by atoms with Crippen molar-refractivity contribution >= 4 is 5.78 Å². The van der Waals surface area contributed by atoms with Gasteiger partial charge in [-0.2, -0.15) is 0 Å². The minimum Gasteiger partial charge on any atom is -0.295 e. The molecule has 0 heterocycles. The third-order valence-corrected chi connectivity index (χ3v) is 3.11. The van der Waals surface area contributed by atoms with Crippen LogP contribution in [0.5, 0.6) is 0 Å². The molecule has 78 valence electrons. The molecule has 0 radical (unpaired) electrons. The molecule has 1 aliphatic rings. The first-order valence-electron chi connectivity index (χ1n) is 5.29. The summed E-state index contributed by atoms with van der Waals surface area (Å²) in [6.45, 7) is 8.32. The van der Waals surface area contributed by atoms with Gasteiger partial charge in [-0.05, 0) is 38.2 Å². The zero-order chi connectivity index (χ0) is 10.8. The molecule has 0 aliphatic heterocycles. The van der Waals surface area contributed by atoms with E-state index >= 15 is 0 Å². The molecule has 1 aliphatic carbocycles. The largest absolute Gasteiger partial charge is 0.295 e. The van der Waals surface area contributed by atoms with E-state index in [9.17, 15) is 4.79 Å². The lowest BCUT2D eigenvalue weighted by Gasteiger charge is -2.36. The van der Waals surface area contributed by atoms with E-state index in [2.05, 4.69) is 32.9 Å². The number of rotatable bonds is 2. The molecule has 1 atom stereocenters. The Bertz CT molecular complexity index is 282. The summed E-state index contributed by atoms with van der Waals surface area (Å²) in [5.41, 5.74) is 1.70. The van der Waals surface area contributed by atoms with Crippen LogP contribution in [0.4, 0.5) is 0 Å². The minimum atomic E-state index is 0.138. The lowest BCUT2D eigenvalue weighted by molar-refractivity contribution is -0.112. The first kappa shape index (κ1) is 11.2. The maximum Gasteiger partial charge on any atom is 0.152 e. The van der Waals surface area contributed by atoms with Crippen molar-refractivity contribution in [2.75, 3.05) is 0 Å². The van der Waals surface area contributed by atoms with Crippen LogP contribution in [0.3, 0.4) is 0 Å². The molecule has 0 aromatic rings. The van der Waals surface area contributed by atoms with E-state index in [0.29, 0.717) is 11.3 Å². The highest BCUT2D eigenvalue weighted by Crippen LogP contribution is 2.41. The van der Waals surface area contributed by atoms with Crippen LogP contribution in [0, 0.1) is 11.3 Å². The lowest BCUT2D eigenvalue weighted by atomic mass is 9.68. The number of hydrogen-bond acceptors (Lipinski definition) is 1. The summed E-state index contributed by atoms with van der Waals surface area (Å²) in [4.78, 5) is 10.9. The molecule has 1 rings (SSSR count). The molecule has 0 spiro atoms. The van der Waals surface area contributed by atoms with E-state index in [1.165, 1.54) is 18.4 Å². The normalized spacial score (nSPS) is 26.3. The van der Waals surface area contributed by atoms with Gasteiger partial charge in [0.25, 0.3) is 0 Å². The summed E-state index contributed by atoms with van der Waals surface area (Å²) in [6.07, 6.45) is 8.43. The Morgan fingerprint density at radius 2 is 2.21 bits per heavy atom. The van der Waals surface area contributed by atoms with Gasteiger partial charge in [-0.25, -0.2) is 0 Å². The second kappa shape index (κ2) is 4.12. The zero-order valence-corrected chi connectivity index (χ0v) is 9.63. The molecule has 1 heteroatoms. The van der Waals surface area contributed by atoms with Gasteiger partial charge in [0.2, 0.25) is 0 Å². The predicted molar refractivity (Wildman–Crippen MR) is 60.1 cm³/mol. The summed E-state index contributed by atoms with van der Waals surface area (Å²) < 4.78 is 0. The van der Waals surface area contributed by atoms with Crippen molar-refractivity contribution in [2.45, 2.75) is 40.5 Å². The molecule has 0 saturated carbocycles. The molecule has 0 N–H and O–H groups in total. The Hall–Kier alpha value is -0.850. The fourth-order valence-corrected chi connectivity index (χ4v) is 2.21. The van der Waals surface area contributed by atoms with E-state index in [1.807, 2.05) is 0 Å². The number of allylic oxidation sites excluding steroid dienone is 4. The van der Waals surface area contributed by atoms with Crippen LogP contribution in [-0.2, 0) is 4.79 Å². The van der Waals surface area contributed by atoms with Gasteiger partial charge < -0.3 is 0 Å². The molecule has 0 fully saturated rings. The number of ketones is 1. The Morgan fingerprint density at radius 1 is 1.57 bits per heavy atom. The van der Waals surface area contributed by atoms with Crippen LogP contribution in [0.25, 0.3) is 0 Å². The van der Waals surface area contributed by atoms with Crippen molar-refractivity contribution in [3.05, 3.63) is 23.8 Å². The van der Waals surface area contributed by atoms with Crippen LogP contribution in [0.1, 0.15) is 40.5 Å². The van der Waals surface area contributed by atoms with E-state index in [-0.39, 0.29) is 5.78 Å². The highest BCUT2D eigenvalue weighted by atomic mass is 16.1. The number of carbonyl (C=O) groups excluding carboxylic acids is 1. The van der Waals surface area contributed by atoms with Crippen LogP contribution in [-0.4, -0.2) is 5.78 Å². The molecule has 1 unspecified atom stereocenters. The van der Waals surface area contributed by atoms with Crippen LogP contribution in [0.15, 0.2) is 23.8 Å². The van der Waals surface area contributed by atoms with Crippen molar-refractivity contribution in [1.82, 2.24) is 0 Å². The zero-order valence-electron chi connectivity index (χ0n) is 9.63. The standard InChI is InChI=1S/C13H20O/c1-10-6-5-9-13(3,4)12(10)8-7-11(2)14/h6-8,12H,5,9H2,1-4H3. The summed E-state index contributed by atoms with van der Waals surface area (Å²) in [5.74, 6) is 0.569. The molecular weight excluding hydrogens is 172 g/mol. The molecular formula is C13H20O. The van der Waals surface area contributed by atoms with Crippen molar-refractivity contribution in [3.63, 3.8) is 0 Å². The van der Waals surface area contributed by atoms with Gasteiger partial charge in [0.05, 0.1) is 0 Å². The Morgan fingerprint density at radius 3 is 2.71 bits per heavy atom. The van der Waals surface area contributed by atoms with Gasteiger partial charge in [0.1, 0.15) is 0 Å². The van der Waals surface area contributed by atoms with Crippen molar-refractivity contribution in [1.29, 1.82) is 0 Å². The average molecular weight is 192 g/mol. The smallest absolute Gasteiger partial charge is 0.152 e. The fraction of sp³-hybridized carbons (Fsp3) is 0.615. The third kappa shape index (κ3) is 2.57. The monoisotopic (exact) mass is 192 g/mol. The topological polar surface area (TPSA) is 17.1 Å². The number of carbonyl (C=O) groups is 1. The molecule has 0 amide bonds. The second-order valence-electron chi connectivity index (χ2n) is 4.92. The molecule has 14 heavy (non-hydrogen) atoms. The van der Waals surface area contributed by atoms with Gasteiger partial charge in [0.15, 0.2) is 5.78 Å². The van der Waals surface area contributed by atoms with E-state index < -0.39 is 0 Å². The SMILES string of the molecule is CC(=O)C=CC1C(C)=CCCC1(C)C. The van der Waals surface area contributed by atoms with Crippen molar-refractivity contribution in [3.8, 4) is 0 Å². The summed E-state index contributed by atoms with van der Waals surface area (Å²) >= 11 is 0. The van der Waals surface area contributed by atoms with Crippen molar-refractivity contribution in [2.24, 2.45) is 11.3 Å². The molecule has 1 nitrogen and oxygen atoms in total. The van der Waals surface area contributed by atoms with E-state index in [1.54, 1.807) is 13.0 Å². The van der Waals surface area contributed by atoms with Crippen LogP contribution in [0.2, 0.25) is 0 Å². The first-order chi connectivity index (χ1) is 6.43. The molecule has 0 saturated heterocycles. The van der Waals surface area contributed by atoms with E-state index in [4.69, 9.17) is 0 Å². The maximum absolute atomic E-state index is 10.9. The highest BCUT2D eigenvalue weighted by Gasteiger charge is 2.30. The van der Waals surface area contributed by atoms with Gasteiger partial charge in [0, 0.05) is 5.92 Å². The Balaban J connectivity index is 2.86. The summed E-state index contributed by atoms with van der Waals surface area (Å²) in [6, 6.07) is 0. The molecule has 0 aromatic heterocycles. The highest BCUT2D eigenvalue weighted by molar-refractivity contribution is 5.87. The first-order valence-corrected chi connectivity index (χ1v) is 5.29. The molecule has 0 bridgehead atoms. The minimum absolute atomic E-state index is 0.138. The third-order valence-electron chi connectivity index (χ3n) is 3.11. The van der Waals surface area contributed by atoms with Gasteiger partial charge in [-0.15, -0.1) is 0 Å². The van der Waals surface area contributed by atoms with Gasteiger partial charge in [-0.1, -0.05) is 31.6 Å². The number of hydrogen-bond donors (Lipinski definition) is 0. The Kier molecular flexibility index (Phi) is 3.30. The maximum atomic E-state index is 10.9. The Labute approximate surface area is 86.9 Å². The van der Waals surface area contributed by atoms with Crippen LogP contribution < -0.4 is 0 Å². The van der Waals surface area contributed by atoms with Gasteiger partial charge >= 0.3 is 0 Å². The van der Waals surface area contributed by atoms with Gasteiger partial charge in [-0.3, -0.25) is 4.79 Å². The predicted octanol–water partition coefficient (Wildman–Crippen LogP) is 3.51. The van der Waals surface area contributed by atoms with Crippen LogP contribution >= 0.6 is 0 Å².